The number of likely N-dealkylation sites (N-methyl/N-ethyl adjacent to an activating group) is 1. The van der Waals surface area contributed by atoms with Crippen LogP contribution in [0.3, 0.4) is 0 Å². The summed E-state index contributed by atoms with van der Waals surface area (Å²) in [5, 5.41) is 11.5. The van der Waals surface area contributed by atoms with Crippen molar-refractivity contribution in [3.63, 3.8) is 0 Å². The van der Waals surface area contributed by atoms with Crippen LogP contribution in [0.2, 0.25) is 18.1 Å². The fourth-order valence-electron chi connectivity index (χ4n) is 9.71. The zero-order valence-corrected chi connectivity index (χ0v) is 48.1. The van der Waals surface area contributed by atoms with Crippen LogP contribution >= 0.6 is 0 Å². The molecule has 0 spiro atoms. The number of allylic oxidation sites excluding steroid dienone is 2. The molecule has 0 bridgehead atoms. The fourth-order valence-corrected chi connectivity index (χ4v) is 11.1. The van der Waals surface area contributed by atoms with Crippen molar-refractivity contribution < 1.29 is 80.8 Å². The van der Waals surface area contributed by atoms with Crippen molar-refractivity contribution in [3.05, 3.63) is 60.2 Å². The van der Waals surface area contributed by atoms with Gasteiger partial charge in [-0.1, -0.05) is 77.1 Å². The fraction of sp³-hybridized carbons (Fsp3) is 0.745. The van der Waals surface area contributed by atoms with Gasteiger partial charge in [0.1, 0.15) is 30.0 Å². The maximum Gasteiger partial charge on any atom is 0.338 e. The molecule has 18 nitrogen and oxygen atoms in total. The van der Waals surface area contributed by atoms with Crippen molar-refractivity contribution in [2.75, 3.05) is 35.4 Å². The predicted octanol–water partition coefficient (Wildman–Crippen LogP) is 7.69. The second-order valence-corrected chi connectivity index (χ2v) is 26.8. The van der Waals surface area contributed by atoms with Gasteiger partial charge in [-0.3, -0.25) is 14.4 Å². The number of methoxy groups -OCH3 is 3. The molecular formula is C55H89NO17Si. The van der Waals surface area contributed by atoms with Gasteiger partial charge in [-0.2, -0.15) is 0 Å². The molecule has 3 aliphatic heterocycles. The van der Waals surface area contributed by atoms with Crippen LogP contribution in [-0.2, 0) is 70.9 Å². The summed E-state index contributed by atoms with van der Waals surface area (Å²) >= 11 is 0. The molecule has 2 fully saturated rings. The van der Waals surface area contributed by atoms with E-state index in [2.05, 4.69) is 46.9 Å². The van der Waals surface area contributed by atoms with E-state index in [1.165, 1.54) is 28.3 Å². The van der Waals surface area contributed by atoms with Gasteiger partial charge in [0, 0.05) is 53.9 Å². The molecule has 19 heteroatoms. The molecule has 1 aromatic carbocycles. The van der Waals surface area contributed by atoms with Crippen LogP contribution < -0.4 is 0 Å². The molecule has 4 rings (SSSR count). The third-order valence-corrected chi connectivity index (χ3v) is 19.2. The lowest BCUT2D eigenvalue weighted by molar-refractivity contribution is -0.345. The van der Waals surface area contributed by atoms with Crippen LogP contribution in [0.5, 0.6) is 0 Å². The molecule has 0 aromatic heterocycles. The second-order valence-electron chi connectivity index (χ2n) is 22.1. The SMILES string of the molecule is CCC(=O)O[C@H]1[C@H](C)O[C@@H](O[C@H]2[C@H](N(C)C)[C@@H](OC(C)=O)[C@H](O[C@H]3[C@@H](CC(OC)OC)C[C@@H](C)[C@@H](O[Si](C)(C)C(C)(C)C)/C=C/C=C/C[C@@H](C)OC(=O)C[C@@H](OC(=O)c4ccccc4)[C@@H]3OC)O[C@@H]2C)C[C@@]1(C)O. The normalized spacial score (nSPS) is 34.9. The van der Waals surface area contributed by atoms with Crippen LogP contribution in [0, 0.1) is 11.8 Å². The van der Waals surface area contributed by atoms with Crippen molar-refractivity contribution in [2.45, 2.75) is 217 Å². The summed E-state index contributed by atoms with van der Waals surface area (Å²) in [6, 6.07) is 7.65. The molecule has 0 radical (unpaired) electrons. The van der Waals surface area contributed by atoms with Gasteiger partial charge in [-0.25, -0.2) is 4.79 Å². The first-order chi connectivity index (χ1) is 34.7. The zero-order chi connectivity index (χ0) is 55.3. The molecule has 2 saturated heterocycles. The van der Waals surface area contributed by atoms with Gasteiger partial charge in [-0.15, -0.1) is 0 Å². The Morgan fingerprint density at radius 1 is 0.892 bits per heavy atom. The Morgan fingerprint density at radius 2 is 1.55 bits per heavy atom. The number of esters is 4. The van der Waals surface area contributed by atoms with Crippen molar-refractivity contribution in [3.8, 4) is 0 Å². The van der Waals surface area contributed by atoms with Gasteiger partial charge in [-0.05, 0) is 90.3 Å². The third kappa shape index (κ3) is 17.5. The molecule has 0 amide bonds. The van der Waals surface area contributed by atoms with Gasteiger partial charge >= 0.3 is 23.9 Å². The van der Waals surface area contributed by atoms with Gasteiger partial charge in [0.2, 0.25) is 0 Å². The maximum atomic E-state index is 14.1. The van der Waals surface area contributed by atoms with E-state index in [4.69, 9.17) is 56.5 Å². The minimum atomic E-state index is -2.40. The third-order valence-electron chi connectivity index (χ3n) is 14.7. The Kier molecular flexibility index (Phi) is 23.9. The van der Waals surface area contributed by atoms with Gasteiger partial charge in [0.05, 0.1) is 42.4 Å². The predicted molar refractivity (Wildman–Crippen MR) is 278 cm³/mol. The Bertz CT molecular complexity index is 1990. The number of ether oxygens (including phenoxy) is 11. The van der Waals surface area contributed by atoms with Crippen molar-refractivity contribution in [1.29, 1.82) is 0 Å². The molecular weight excluding hydrogens is 975 g/mol. The molecule has 420 valence electrons. The monoisotopic (exact) mass is 1060 g/mol. The van der Waals surface area contributed by atoms with Crippen molar-refractivity contribution in [2.24, 2.45) is 11.8 Å². The van der Waals surface area contributed by atoms with Crippen LogP contribution in [0.4, 0.5) is 0 Å². The Balaban J connectivity index is 1.93. The summed E-state index contributed by atoms with van der Waals surface area (Å²) in [6.45, 7) is 22.9. The molecule has 3 aliphatic rings. The zero-order valence-electron chi connectivity index (χ0n) is 47.1. The molecule has 3 heterocycles. The lowest BCUT2D eigenvalue weighted by Gasteiger charge is -2.51. The van der Waals surface area contributed by atoms with E-state index in [0.29, 0.717) is 12.8 Å². The number of rotatable bonds is 17. The number of nitrogens with zero attached hydrogens (tertiary/aromatic N) is 1. The summed E-state index contributed by atoms with van der Waals surface area (Å²) in [5.74, 6) is -3.27. The first kappa shape index (κ1) is 62.9. The molecule has 0 saturated carbocycles. The number of hydrogen-bond donors (Lipinski definition) is 1. The van der Waals surface area contributed by atoms with Gasteiger partial charge in [0.25, 0.3) is 0 Å². The first-order valence-corrected chi connectivity index (χ1v) is 29.0. The lowest BCUT2D eigenvalue weighted by atomic mass is 9.82. The van der Waals surface area contributed by atoms with Gasteiger partial charge in [0.15, 0.2) is 39.4 Å². The minimum Gasteiger partial charge on any atom is -0.462 e. The van der Waals surface area contributed by atoms with Crippen LogP contribution in [0.15, 0.2) is 54.6 Å². The molecule has 0 aliphatic carbocycles. The summed E-state index contributed by atoms with van der Waals surface area (Å²) in [5.41, 5.74) is -1.28. The van der Waals surface area contributed by atoms with Crippen molar-refractivity contribution >= 4 is 32.2 Å². The Hall–Kier alpha value is -3.60. The van der Waals surface area contributed by atoms with Crippen LogP contribution in [-0.4, -0.2) is 169 Å². The summed E-state index contributed by atoms with van der Waals surface area (Å²) in [7, 11) is 5.74. The molecule has 1 N–H and O–H groups in total. The molecule has 1 aromatic rings. The van der Waals surface area contributed by atoms with Gasteiger partial charge < -0.3 is 66.5 Å². The highest BCUT2D eigenvalue weighted by Gasteiger charge is 2.55. The Labute approximate surface area is 441 Å². The van der Waals surface area contributed by atoms with E-state index in [0.717, 1.165) is 0 Å². The standard InChI is InChI=1S/C55H89NO17Si/c1-18-42(58)70-51-36(5)66-45(32-55(51,10)61)71-47-35(4)67-53(50(68-37(6)57)46(47)56(11)12)72-48-39(30-44(62-13)63-14)29-33(2)40(73-74(16,17)54(7,8)9)28-24-19-21-25-34(3)65-43(59)31-41(49(48)64-15)69-52(60)38-26-22-20-23-27-38/h19-24,26-28,33-36,39-41,44-51,53,61H,18,25,29-32H2,1-17H3/b21-19+,28-24+/t33-,34-,35-,36+,39-,40+,41-,45+,46+,47-,48+,49+,50-,51+,53+,55-/m1/s1. The van der Waals surface area contributed by atoms with Crippen molar-refractivity contribution in [1.82, 2.24) is 4.90 Å². The highest BCUT2D eigenvalue weighted by atomic mass is 28.4. The number of cyclic esters (lactones) is 1. The summed E-state index contributed by atoms with van der Waals surface area (Å²) in [4.78, 5) is 55.7. The number of carbonyl (C=O) groups is 4. The van der Waals surface area contributed by atoms with E-state index < -0.39 is 136 Å². The first-order valence-electron chi connectivity index (χ1n) is 26.1. The van der Waals surface area contributed by atoms with E-state index >= 15 is 0 Å². The average Bonchev–Trinajstić information content (AvgIpc) is 3.31. The van der Waals surface area contributed by atoms with E-state index in [1.54, 1.807) is 79.0 Å². The smallest absolute Gasteiger partial charge is 0.338 e. The largest absolute Gasteiger partial charge is 0.462 e. The maximum absolute atomic E-state index is 14.1. The number of benzene rings is 1. The molecule has 0 unspecified atom stereocenters. The van der Waals surface area contributed by atoms with E-state index in [1.807, 2.05) is 23.1 Å². The number of hydrogen-bond acceptors (Lipinski definition) is 18. The molecule has 16 atom stereocenters. The van der Waals surface area contributed by atoms with E-state index in [9.17, 15) is 24.3 Å². The van der Waals surface area contributed by atoms with E-state index in [-0.39, 0.29) is 35.8 Å². The minimum absolute atomic E-state index is 0.0614. The Morgan fingerprint density at radius 3 is 2.12 bits per heavy atom. The van der Waals surface area contributed by atoms with Crippen LogP contribution in [0.1, 0.15) is 118 Å². The molecule has 74 heavy (non-hydrogen) atoms. The quantitative estimate of drug-likeness (QED) is 0.0688. The lowest BCUT2D eigenvalue weighted by Crippen LogP contribution is -2.66. The second kappa shape index (κ2) is 28.1. The highest BCUT2D eigenvalue weighted by Crippen LogP contribution is 2.42. The average molecular weight is 1060 g/mol. The van der Waals surface area contributed by atoms with Crippen LogP contribution in [0.25, 0.3) is 0 Å². The summed E-state index contributed by atoms with van der Waals surface area (Å²) in [6.07, 6.45) is -3.75. The number of carbonyl (C=O) groups excluding carboxylic acids is 4. The topological polar surface area (TPSA) is 203 Å². The summed E-state index contributed by atoms with van der Waals surface area (Å²) < 4.78 is 76.6. The highest BCUT2D eigenvalue weighted by molar-refractivity contribution is 6.74. The number of aliphatic hydroxyl groups is 1.